The maximum absolute atomic E-state index is 12.9. The number of benzene rings is 1. The molecule has 2 nitrogen and oxygen atoms in total. The zero-order valence-corrected chi connectivity index (χ0v) is 7.46. The predicted molar refractivity (Wildman–Crippen MR) is 48.0 cm³/mol. The van der Waals surface area contributed by atoms with Crippen LogP contribution in [-0.4, -0.2) is 6.10 Å². The van der Waals surface area contributed by atoms with E-state index >= 15 is 0 Å². The van der Waals surface area contributed by atoms with Gasteiger partial charge in [-0.25, -0.2) is 4.39 Å². The maximum atomic E-state index is 12.9. The van der Waals surface area contributed by atoms with Gasteiger partial charge in [0, 0.05) is 18.0 Å². The zero-order chi connectivity index (χ0) is 9.42. The molecule has 0 aromatic heterocycles. The van der Waals surface area contributed by atoms with Crippen molar-refractivity contribution in [2.75, 3.05) is 0 Å². The van der Waals surface area contributed by atoms with Crippen molar-refractivity contribution < 1.29 is 9.13 Å². The van der Waals surface area contributed by atoms with E-state index < -0.39 is 0 Å². The van der Waals surface area contributed by atoms with E-state index in [0.29, 0.717) is 5.75 Å². The molecule has 70 valence electrons. The van der Waals surface area contributed by atoms with Crippen molar-refractivity contribution in [3.63, 3.8) is 0 Å². The first kappa shape index (κ1) is 8.51. The average molecular weight is 181 g/mol. The molecule has 1 heterocycles. The number of hydrogen-bond acceptors (Lipinski definition) is 2. The molecule has 0 saturated carbocycles. The second-order valence-electron chi connectivity index (χ2n) is 3.45. The SMILES string of the molecule is CC1C[C@H](N)c2cc(F)ccc2O1. The molecule has 0 bridgehead atoms. The van der Waals surface area contributed by atoms with E-state index in [1.165, 1.54) is 12.1 Å². The molecule has 0 fully saturated rings. The van der Waals surface area contributed by atoms with Gasteiger partial charge in [0.15, 0.2) is 0 Å². The minimum absolute atomic E-state index is 0.102. The monoisotopic (exact) mass is 181 g/mol. The number of hydrogen-bond donors (Lipinski definition) is 1. The van der Waals surface area contributed by atoms with Gasteiger partial charge >= 0.3 is 0 Å². The van der Waals surface area contributed by atoms with Gasteiger partial charge in [-0.1, -0.05) is 0 Å². The van der Waals surface area contributed by atoms with Gasteiger partial charge in [0.25, 0.3) is 0 Å². The Hall–Kier alpha value is -1.09. The minimum Gasteiger partial charge on any atom is -0.490 e. The third-order valence-electron chi connectivity index (χ3n) is 2.29. The zero-order valence-electron chi connectivity index (χ0n) is 7.46. The summed E-state index contributed by atoms with van der Waals surface area (Å²) in [5, 5.41) is 0. The van der Waals surface area contributed by atoms with Crippen LogP contribution in [0.15, 0.2) is 18.2 Å². The molecular formula is C10H12FNO. The lowest BCUT2D eigenvalue weighted by Gasteiger charge is -2.27. The van der Waals surface area contributed by atoms with Crippen LogP contribution >= 0.6 is 0 Å². The molecule has 1 aliphatic heterocycles. The molecule has 1 aromatic carbocycles. The fourth-order valence-corrected chi connectivity index (χ4v) is 1.67. The van der Waals surface area contributed by atoms with Crippen molar-refractivity contribution in [1.29, 1.82) is 0 Å². The molecule has 2 atom stereocenters. The standard InChI is InChI=1S/C10H12FNO/c1-6-4-9(12)8-5-7(11)2-3-10(8)13-6/h2-3,5-6,9H,4,12H2,1H3/t6?,9-/m0/s1. The Morgan fingerprint density at radius 2 is 2.31 bits per heavy atom. The average Bonchev–Trinajstić information content (AvgIpc) is 2.06. The molecule has 2 rings (SSSR count). The first-order chi connectivity index (χ1) is 6.16. The third kappa shape index (κ3) is 1.52. The topological polar surface area (TPSA) is 35.2 Å². The summed E-state index contributed by atoms with van der Waals surface area (Å²) in [5.74, 6) is 0.458. The Labute approximate surface area is 76.5 Å². The summed E-state index contributed by atoms with van der Waals surface area (Å²) in [4.78, 5) is 0. The van der Waals surface area contributed by atoms with Gasteiger partial charge in [0.2, 0.25) is 0 Å². The highest BCUT2D eigenvalue weighted by Crippen LogP contribution is 2.33. The summed E-state index contributed by atoms with van der Waals surface area (Å²) in [5.41, 5.74) is 6.64. The normalized spacial score (nSPS) is 26.4. The Kier molecular flexibility index (Phi) is 1.96. The second-order valence-corrected chi connectivity index (χ2v) is 3.45. The number of rotatable bonds is 0. The molecule has 0 aliphatic carbocycles. The number of ether oxygens (including phenoxy) is 1. The fraction of sp³-hybridized carbons (Fsp3) is 0.400. The lowest BCUT2D eigenvalue weighted by molar-refractivity contribution is 0.176. The lowest BCUT2D eigenvalue weighted by Crippen LogP contribution is -2.27. The van der Waals surface area contributed by atoms with E-state index in [9.17, 15) is 4.39 Å². The lowest BCUT2D eigenvalue weighted by atomic mass is 9.98. The van der Waals surface area contributed by atoms with E-state index in [4.69, 9.17) is 10.5 Å². The largest absolute Gasteiger partial charge is 0.490 e. The van der Waals surface area contributed by atoms with E-state index in [1.807, 2.05) is 6.92 Å². The van der Waals surface area contributed by atoms with Crippen LogP contribution in [0.3, 0.4) is 0 Å². The van der Waals surface area contributed by atoms with Crippen molar-refractivity contribution in [3.8, 4) is 5.75 Å². The van der Waals surface area contributed by atoms with Crippen molar-refractivity contribution in [2.45, 2.75) is 25.5 Å². The molecule has 13 heavy (non-hydrogen) atoms. The van der Waals surface area contributed by atoms with Crippen LogP contribution in [0.1, 0.15) is 24.9 Å². The quantitative estimate of drug-likeness (QED) is 0.664. The van der Waals surface area contributed by atoms with Gasteiger partial charge in [-0.2, -0.15) is 0 Å². The highest BCUT2D eigenvalue weighted by molar-refractivity contribution is 5.38. The van der Waals surface area contributed by atoms with Gasteiger partial charge in [-0.3, -0.25) is 0 Å². The Morgan fingerprint density at radius 3 is 3.08 bits per heavy atom. The Morgan fingerprint density at radius 1 is 1.54 bits per heavy atom. The molecule has 1 aliphatic rings. The third-order valence-corrected chi connectivity index (χ3v) is 2.29. The summed E-state index contributed by atoms with van der Waals surface area (Å²) >= 11 is 0. The van der Waals surface area contributed by atoms with Gasteiger partial charge in [0.05, 0.1) is 6.10 Å². The smallest absolute Gasteiger partial charge is 0.124 e. The van der Waals surface area contributed by atoms with Crippen molar-refractivity contribution >= 4 is 0 Å². The van der Waals surface area contributed by atoms with E-state index in [1.54, 1.807) is 6.07 Å². The summed E-state index contributed by atoms with van der Waals surface area (Å²) in [6.45, 7) is 1.96. The van der Waals surface area contributed by atoms with Crippen LogP contribution in [0.25, 0.3) is 0 Å². The molecule has 0 saturated heterocycles. The van der Waals surface area contributed by atoms with Crippen molar-refractivity contribution in [1.82, 2.24) is 0 Å². The molecule has 0 amide bonds. The van der Waals surface area contributed by atoms with E-state index in [2.05, 4.69) is 0 Å². The maximum Gasteiger partial charge on any atom is 0.124 e. The highest BCUT2D eigenvalue weighted by atomic mass is 19.1. The molecule has 0 spiro atoms. The van der Waals surface area contributed by atoms with Crippen LogP contribution in [0.4, 0.5) is 4.39 Å². The van der Waals surface area contributed by atoms with Crippen LogP contribution in [0, 0.1) is 5.82 Å². The Bertz CT molecular complexity index is 327. The number of nitrogens with two attached hydrogens (primary N) is 1. The molecule has 3 heteroatoms. The minimum atomic E-state index is -0.257. The second kappa shape index (κ2) is 3.00. The number of halogens is 1. The molecular weight excluding hydrogens is 169 g/mol. The van der Waals surface area contributed by atoms with Crippen molar-refractivity contribution in [2.24, 2.45) is 5.73 Å². The van der Waals surface area contributed by atoms with Gasteiger partial charge in [-0.05, 0) is 25.1 Å². The van der Waals surface area contributed by atoms with E-state index in [0.717, 1.165) is 12.0 Å². The van der Waals surface area contributed by atoms with Crippen LogP contribution in [-0.2, 0) is 0 Å². The van der Waals surface area contributed by atoms with Gasteiger partial charge in [0.1, 0.15) is 11.6 Å². The molecule has 1 aromatic rings. The summed E-state index contributed by atoms with van der Waals surface area (Å²) in [7, 11) is 0. The molecule has 0 radical (unpaired) electrons. The van der Waals surface area contributed by atoms with E-state index in [-0.39, 0.29) is 18.0 Å². The fourth-order valence-electron chi connectivity index (χ4n) is 1.67. The van der Waals surface area contributed by atoms with Crippen LogP contribution in [0.2, 0.25) is 0 Å². The van der Waals surface area contributed by atoms with Crippen LogP contribution < -0.4 is 10.5 Å². The number of fused-ring (bicyclic) bond motifs is 1. The van der Waals surface area contributed by atoms with Gasteiger partial charge in [-0.15, -0.1) is 0 Å². The summed E-state index contributed by atoms with van der Waals surface area (Å²) in [6.07, 6.45) is 0.865. The molecule has 1 unspecified atom stereocenters. The molecule has 2 N–H and O–H groups in total. The first-order valence-electron chi connectivity index (χ1n) is 4.38. The highest BCUT2D eigenvalue weighted by Gasteiger charge is 2.22. The summed E-state index contributed by atoms with van der Waals surface area (Å²) in [6, 6.07) is 4.38. The van der Waals surface area contributed by atoms with Gasteiger partial charge < -0.3 is 10.5 Å². The van der Waals surface area contributed by atoms with Crippen LogP contribution in [0.5, 0.6) is 5.75 Å². The summed E-state index contributed by atoms with van der Waals surface area (Å²) < 4.78 is 18.4. The van der Waals surface area contributed by atoms with Crippen molar-refractivity contribution in [3.05, 3.63) is 29.6 Å². The Balaban J connectivity index is 2.43. The first-order valence-corrected chi connectivity index (χ1v) is 4.38. The predicted octanol–water partition coefficient (Wildman–Crippen LogP) is 2.00.